The Morgan fingerprint density at radius 3 is 2.53 bits per heavy atom. The Labute approximate surface area is 109 Å². The van der Waals surface area contributed by atoms with Gasteiger partial charge < -0.3 is 5.11 Å². The molecule has 0 saturated heterocycles. The number of aliphatic hydroxyl groups is 1. The lowest BCUT2D eigenvalue weighted by Gasteiger charge is -2.24. The van der Waals surface area contributed by atoms with E-state index in [1.54, 1.807) is 32.9 Å². The Balaban J connectivity index is 2.82. The van der Waals surface area contributed by atoms with E-state index in [2.05, 4.69) is 15.9 Å². The third-order valence-corrected chi connectivity index (χ3v) is 3.00. The average Bonchev–Trinajstić information content (AvgIpc) is 2.19. The highest BCUT2D eigenvalue weighted by Gasteiger charge is 2.29. The molecule has 94 valence electrons. The smallest absolute Gasteiger partial charge is 0.166 e. The zero-order chi connectivity index (χ0) is 13.2. The zero-order valence-electron chi connectivity index (χ0n) is 10.1. The molecule has 1 aromatic carbocycles. The zero-order valence-corrected chi connectivity index (χ0v) is 11.7. The summed E-state index contributed by atoms with van der Waals surface area (Å²) in [4.78, 5) is 11.8. The van der Waals surface area contributed by atoms with Crippen molar-refractivity contribution in [3.63, 3.8) is 0 Å². The van der Waals surface area contributed by atoms with E-state index in [1.807, 2.05) is 0 Å². The van der Waals surface area contributed by atoms with Crippen LogP contribution in [0.4, 0.5) is 4.39 Å². The SMILES string of the molecule is CC(C)(C)C(O)C(=O)Cc1ccc(Br)cc1F. The van der Waals surface area contributed by atoms with Crippen molar-refractivity contribution in [1.29, 1.82) is 0 Å². The van der Waals surface area contributed by atoms with Crippen LogP contribution in [0.1, 0.15) is 26.3 Å². The van der Waals surface area contributed by atoms with Crippen LogP contribution < -0.4 is 0 Å². The fraction of sp³-hybridized carbons (Fsp3) is 0.462. The third-order valence-electron chi connectivity index (χ3n) is 2.51. The van der Waals surface area contributed by atoms with Crippen molar-refractivity contribution in [2.24, 2.45) is 5.41 Å². The van der Waals surface area contributed by atoms with Gasteiger partial charge in [0.15, 0.2) is 5.78 Å². The molecule has 1 atom stereocenters. The Kier molecular flexibility index (Phi) is 4.44. The molecule has 0 bridgehead atoms. The van der Waals surface area contributed by atoms with Gasteiger partial charge in [0.1, 0.15) is 11.9 Å². The molecule has 0 saturated carbocycles. The van der Waals surface area contributed by atoms with E-state index >= 15 is 0 Å². The first kappa shape index (κ1) is 14.3. The molecule has 0 fully saturated rings. The van der Waals surface area contributed by atoms with Crippen LogP contribution in [0.25, 0.3) is 0 Å². The molecule has 1 N–H and O–H groups in total. The highest BCUT2D eigenvalue weighted by Crippen LogP contribution is 2.22. The van der Waals surface area contributed by atoms with Crippen LogP contribution in [-0.4, -0.2) is 17.0 Å². The van der Waals surface area contributed by atoms with Gasteiger partial charge in [0.25, 0.3) is 0 Å². The van der Waals surface area contributed by atoms with E-state index in [0.29, 0.717) is 10.0 Å². The molecule has 0 amide bonds. The summed E-state index contributed by atoms with van der Waals surface area (Å²) in [6.45, 7) is 5.31. The van der Waals surface area contributed by atoms with Crippen LogP contribution in [-0.2, 0) is 11.2 Å². The van der Waals surface area contributed by atoms with Crippen molar-refractivity contribution in [3.8, 4) is 0 Å². The Morgan fingerprint density at radius 2 is 2.06 bits per heavy atom. The first-order valence-corrected chi connectivity index (χ1v) is 6.16. The predicted octanol–water partition coefficient (Wildman–Crippen LogP) is 3.11. The number of carbonyl (C=O) groups excluding carboxylic acids is 1. The van der Waals surface area contributed by atoms with Gasteiger partial charge >= 0.3 is 0 Å². The number of Topliss-reactive ketones (excluding diaryl/α,β-unsaturated/α-hetero) is 1. The summed E-state index contributed by atoms with van der Waals surface area (Å²) in [5.41, 5.74) is -0.218. The van der Waals surface area contributed by atoms with E-state index in [1.165, 1.54) is 6.07 Å². The minimum absolute atomic E-state index is 0.0858. The van der Waals surface area contributed by atoms with Crippen LogP contribution in [0.2, 0.25) is 0 Å². The molecule has 0 spiro atoms. The number of aliphatic hydroxyl groups excluding tert-OH is 1. The summed E-state index contributed by atoms with van der Waals surface area (Å²) in [7, 11) is 0. The molecule has 17 heavy (non-hydrogen) atoms. The van der Waals surface area contributed by atoms with Crippen molar-refractivity contribution in [2.45, 2.75) is 33.3 Å². The maximum absolute atomic E-state index is 13.5. The van der Waals surface area contributed by atoms with Gasteiger partial charge in [0.2, 0.25) is 0 Å². The summed E-state index contributed by atoms with van der Waals surface area (Å²) >= 11 is 3.15. The molecule has 4 heteroatoms. The minimum atomic E-state index is -1.08. The first-order chi connectivity index (χ1) is 7.71. The van der Waals surface area contributed by atoms with Crippen molar-refractivity contribution >= 4 is 21.7 Å². The van der Waals surface area contributed by atoms with E-state index in [0.717, 1.165) is 0 Å². The predicted molar refractivity (Wildman–Crippen MR) is 68.3 cm³/mol. The molecule has 0 radical (unpaired) electrons. The maximum Gasteiger partial charge on any atom is 0.166 e. The Hall–Kier alpha value is -0.740. The minimum Gasteiger partial charge on any atom is -0.385 e. The van der Waals surface area contributed by atoms with E-state index < -0.39 is 17.3 Å². The molecule has 0 aromatic heterocycles. The monoisotopic (exact) mass is 302 g/mol. The van der Waals surface area contributed by atoms with Crippen LogP contribution in [0.15, 0.2) is 22.7 Å². The van der Waals surface area contributed by atoms with Gasteiger partial charge in [0.05, 0.1) is 0 Å². The molecule has 1 rings (SSSR count). The number of hydrogen-bond donors (Lipinski definition) is 1. The van der Waals surface area contributed by atoms with Crippen molar-refractivity contribution in [3.05, 3.63) is 34.1 Å². The number of rotatable bonds is 3. The summed E-state index contributed by atoms with van der Waals surface area (Å²) in [6.07, 6.45) is -1.16. The van der Waals surface area contributed by atoms with Gasteiger partial charge in [-0.05, 0) is 23.1 Å². The number of carbonyl (C=O) groups is 1. The van der Waals surface area contributed by atoms with E-state index in [4.69, 9.17) is 0 Å². The quantitative estimate of drug-likeness (QED) is 0.931. The van der Waals surface area contributed by atoms with Crippen LogP contribution in [0.5, 0.6) is 0 Å². The highest BCUT2D eigenvalue weighted by molar-refractivity contribution is 9.10. The Morgan fingerprint density at radius 1 is 1.47 bits per heavy atom. The lowest BCUT2D eigenvalue weighted by molar-refractivity contribution is -0.131. The molecule has 0 aliphatic rings. The van der Waals surface area contributed by atoms with Gasteiger partial charge in [-0.3, -0.25) is 4.79 Å². The second kappa shape index (κ2) is 5.27. The van der Waals surface area contributed by atoms with Crippen molar-refractivity contribution < 1.29 is 14.3 Å². The van der Waals surface area contributed by atoms with Crippen molar-refractivity contribution in [2.75, 3.05) is 0 Å². The lowest BCUT2D eigenvalue weighted by atomic mass is 9.85. The van der Waals surface area contributed by atoms with Gasteiger partial charge in [-0.1, -0.05) is 42.8 Å². The molecule has 1 aromatic rings. The second-order valence-corrected chi connectivity index (χ2v) is 6.06. The fourth-order valence-electron chi connectivity index (χ4n) is 1.43. The normalized spacial score (nSPS) is 13.5. The van der Waals surface area contributed by atoms with Crippen LogP contribution in [0.3, 0.4) is 0 Å². The van der Waals surface area contributed by atoms with Crippen LogP contribution >= 0.6 is 15.9 Å². The number of benzene rings is 1. The van der Waals surface area contributed by atoms with Crippen LogP contribution in [0, 0.1) is 11.2 Å². The van der Waals surface area contributed by atoms with E-state index in [-0.39, 0.29) is 12.2 Å². The average molecular weight is 303 g/mol. The van der Waals surface area contributed by atoms with Gasteiger partial charge in [0, 0.05) is 10.9 Å². The van der Waals surface area contributed by atoms with Crippen molar-refractivity contribution in [1.82, 2.24) is 0 Å². The highest BCUT2D eigenvalue weighted by atomic mass is 79.9. The van der Waals surface area contributed by atoms with Gasteiger partial charge in [-0.2, -0.15) is 0 Å². The number of hydrogen-bond acceptors (Lipinski definition) is 2. The van der Waals surface area contributed by atoms with Gasteiger partial charge in [-0.15, -0.1) is 0 Å². The third kappa shape index (κ3) is 3.89. The molecule has 0 aliphatic carbocycles. The molecule has 0 heterocycles. The lowest BCUT2D eigenvalue weighted by Crippen LogP contribution is -2.35. The fourth-order valence-corrected chi connectivity index (χ4v) is 1.77. The molecule has 0 aliphatic heterocycles. The second-order valence-electron chi connectivity index (χ2n) is 5.15. The van der Waals surface area contributed by atoms with Gasteiger partial charge in [-0.25, -0.2) is 4.39 Å². The van der Waals surface area contributed by atoms with E-state index in [9.17, 15) is 14.3 Å². The molecular formula is C13H16BrFO2. The summed E-state index contributed by atoms with van der Waals surface area (Å²) in [5, 5.41) is 9.78. The molecular weight excluding hydrogens is 287 g/mol. The topological polar surface area (TPSA) is 37.3 Å². The molecule has 2 nitrogen and oxygen atoms in total. The largest absolute Gasteiger partial charge is 0.385 e. The molecule has 1 unspecified atom stereocenters. The first-order valence-electron chi connectivity index (χ1n) is 5.36. The number of halogens is 2. The maximum atomic E-state index is 13.5. The summed E-state index contributed by atoms with van der Waals surface area (Å²) in [6, 6.07) is 4.54. The standard InChI is InChI=1S/C13H16BrFO2/c1-13(2,3)12(17)11(16)6-8-4-5-9(14)7-10(8)15/h4-5,7,12,17H,6H2,1-3H3. The Bertz CT molecular complexity index is 424. The summed E-state index contributed by atoms with van der Waals surface area (Å²) < 4.78 is 14.1. The number of ketones is 1. The summed E-state index contributed by atoms with van der Waals surface area (Å²) in [5.74, 6) is -0.799.